The largest absolute Gasteiger partial charge is 0.478 e. The number of pyridine rings is 1. The molecule has 1 fully saturated rings. The number of rotatable bonds is 4. The normalized spacial score (nSPS) is 14.9. The lowest BCUT2D eigenvalue weighted by molar-refractivity contribution is 0.0697. The maximum absolute atomic E-state index is 13.6. The minimum absolute atomic E-state index is 0.114. The third kappa shape index (κ3) is 3.80. The minimum Gasteiger partial charge on any atom is -0.478 e. The molecule has 0 unspecified atom stereocenters. The van der Waals surface area contributed by atoms with Crippen LogP contribution in [0.2, 0.25) is 5.02 Å². The van der Waals surface area contributed by atoms with Crippen LogP contribution in [0.5, 0.6) is 0 Å². The summed E-state index contributed by atoms with van der Waals surface area (Å²) in [5.41, 5.74) is 2.82. The van der Waals surface area contributed by atoms with Crippen LogP contribution in [-0.4, -0.2) is 27.6 Å². The van der Waals surface area contributed by atoms with Crippen molar-refractivity contribution < 1.29 is 14.3 Å². The van der Waals surface area contributed by atoms with Crippen LogP contribution in [0.25, 0.3) is 10.9 Å². The van der Waals surface area contributed by atoms with Crippen molar-refractivity contribution in [3.63, 3.8) is 0 Å². The third-order valence-corrected chi connectivity index (χ3v) is 6.28. The zero-order valence-electron chi connectivity index (χ0n) is 14.9. The Hall–Kier alpha value is -2.31. The first kappa shape index (κ1) is 19.0. The smallest absolute Gasteiger partial charge is 0.337 e. The fraction of sp³-hybridized carbons (Fsp3) is 0.238. The van der Waals surface area contributed by atoms with Gasteiger partial charge in [-0.2, -0.15) is 11.8 Å². The molecule has 3 aromatic rings. The number of fused-ring (bicyclic) bond motifs is 1. The van der Waals surface area contributed by atoms with Gasteiger partial charge in [-0.1, -0.05) is 11.6 Å². The van der Waals surface area contributed by atoms with Crippen LogP contribution in [0.15, 0.2) is 42.6 Å². The van der Waals surface area contributed by atoms with Crippen LogP contribution in [0.1, 0.15) is 34.7 Å². The molecule has 0 amide bonds. The van der Waals surface area contributed by atoms with Crippen molar-refractivity contribution in [3.8, 4) is 0 Å². The van der Waals surface area contributed by atoms with Gasteiger partial charge in [-0.05, 0) is 72.2 Å². The number of thioether (sulfide) groups is 1. The Morgan fingerprint density at radius 1 is 1.21 bits per heavy atom. The molecule has 1 aliphatic heterocycles. The molecular weight excluding hydrogens is 399 g/mol. The second-order valence-electron chi connectivity index (χ2n) is 6.76. The topological polar surface area (TPSA) is 62.2 Å². The number of carbonyl (C=O) groups is 1. The Kier molecular flexibility index (Phi) is 5.42. The first-order chi connectivity index (χ1) is 13.5. The van der Waals surface area contributed by atoms with Crippen LogP contribution in [0, 0.1) is 5.82 Å². The molecule has 0 saturated carbocycles. The molecule has 144 valence electrons. The summed E-state index contributed by atoms with van der Waals surface area (Å²) in [5, 5.41) is 14.2. The third-order valence-electron chi connectivity index (χ3n) is 4.99. The van der Waals surface area contributed by atoms with Crippen molar-refractivity contribution in [1.82, 2.24) is 4.98 Å². The summed E-state index contributed by atoms with van der Waals surface area (Å²) in [5.74, 6) is 0.709. The zero-order chi connectivity index (χ0) is 19.7. The van der Waals surface area contributed by atoms with Crippen molar-refractivity contribution in [2.45, 2.75) is 18.8 Å². The summed E-state index contributed by atoms with van der Waals surface area (Å²) in [6.45, 7) is 0. The van der Waals surface area contributed by atoms with Crippen LogP contribution in [0.3, 0.4) is 0 Å². The van der Waals surface area contributed by atoms with E-state index in [1.165, 1.54) is 12.1 Å². The standard InChI is InChI=1S/C21H18ClFN2O2S/c22-13-1-3-18-15(9-13)20(17(11-24-18)12-5-7-28-8-6-12)25-19-4-2-14(23)10-16(19)21(26)27/h1-4,9-12H,5-8H2,(H,24,25)(H,26,27). The number of halogens is 2. The van der Waals surface area contributed by atoms with Crippen molar-refractivity contribution >= 4 is 51.6 Å². The van der Waals surface area contributed by atoms with E-state index in [-0.39, 0.29) is 5.56 Å². The molecule has 0 radical (unpaired) electrons. The molecule has 1 saturated heterocycles. The van der Waals surface area contributed by atoms with Crippen LogP contribution < -0.4 is 5.32 Å². The summed E-state index contributed by atoms with van der Waals surface area (Å²) >= 11 is 8.17. The number of aromatic nitrogens is 1. The monoisotopic (exact) mass is 416 g/mol. The molecule has 28 heavy (non-hydrogen) atoms. The fourth-order valence-electron chi connectivity index (χ4n) is 3.57. The van der Waals surface area contributed by atoms with E-state index in [0.29, 0.717) is 16.6 Å². The molecule has 0 bridgehead atoms. The summed E-state index contributed by atoms with van der Waals surface area (Å²) in [4.78, 5) is 16.2. The van der Waals surface area contributed by atoms with Crippen molar-refractivity contribution in [2.24, 2.45) is 0 Å². The molecule has 2 heterocycles. The van der Waals surface area contributed by atoms with E-state index < -0.39 is 11.8 Å². The van der Waals surface area contributed by atoms with Crippen LogP contribution in [0.4, 0.5) is 15.8 Å². The number of nitrogens with zero attached hydrogens (tertiary/aromatic N) is 1. The minimum atomic E-state index is -1.19. The molecule has 2 N–H and O–H groups in total. The number of carboxylic acid groups (broad SMARTS) is 1. The van der Waals surface area contributed by atoms with E-state index in [1.54, 1.807) is 6.07 Å². The SMILES string of the molecule is O=C(O)c1cc(F)ccc1Nc1c(C2CCSCC2)cnc2ccc(Cl)cc12. The lowest BCUT2D eigenvalue weighted by Gasteiger charge is -2.25. The highest BCUT2D eigenvalue weighted by atomic mass is 35.5. The molecule has 1 aromatic heterocycles. The number of anilines is 2. The van der Waals surface area contributed by atoms with E-state index >= 15 is 0 Å². The van der Waals surface area contributed by atoms with Gasteiger partial charge in [-0.3, -0.25) is 4.98 Å². The molecule has 2 aromatic carbocycles. The molecule has 0 aliphatic carbocycles. The Labute approximate surface area is 171 Å². The molecule has 0 spiro atoms. The number of aromatic carboxylic acids is 1. The average molecular weight is 417 g/mol. The van der Waals surface area contributed by atoms with Crippen LogP contribution in [-0.2, 0) is 0 Å². The lowest BCUT2D eigenvalue weighted by Crippen LogP contribution is -2.12. The van der Waals surface area contributed by atoms with Crippen molar-refractivity contribution in [2.75, 3.05) is 16.8 Å². The van der Waals surface area contributed by atoms with Gasteiger partial charge in [0.1, 0.15) is 5.82 Å². The second kappa shape index (κ2) is 7.97. The van der Waals surface area contributed by atoms with Gasteiger partial charge in [0, 0.05) is 16.6 Å². The molecule has 7 heteroatoms. The fourth-order valence-corrected chi connectivity index (χ4v) is 4.85. The summed E-state index contributed by atoms with van der Waals surface area (Å²) < 4.78 is 13.6. The molecule has 4 nitrogen and oxygen atoms in total. The number of nitrogens with one attached hydrogen (secondary N) is 1. The summed E-state index contributed by atoms with van der Waals surface area (Å²) in [7, 11) is 0. The van der Waals surface area contributed by atoms with Gasteiger partial charge < -0.3 is 10.4 Å². The van der Waals surface area contributed by atoms with Gasteiger partial charge >= 0.3 is 5.97 Å². The van der Waals surface area contributed by atoms with E-state index in [4.69, 9.17) is 11.6 Å². The highest BCUT2D eigenvalue weighted by molar-refractivity contribution is 7.99. The van der Waals surface area contributed by atoms with Gasteiger partial charge in [0.05, 0.1) is 22.5 Å². The van der Waals surface area contributed by atoms with Crippen molar-refractivity contribution in [3.05, 3.63) is 64.6 Å². The van der Waals surface area contributed by atoms with Gasteiger partial charge in [0.2, 0.25) is 0 Å². The summed E-state index contributed by atoms with van der Waals surface area (Å²) in [6.07, 6.45) is 3.92. The van der Waals surface area contributed by atoms with Gasteiger partial charge in [0.25, 0.3) is 0 Å². The Morgan fingerprint density at radius 3 is 2.75 bits per heavy atom. The molecule has 0 atom stereocenters. The van der Waals surface area contributed by atoms with Gasteiger partial charge in [-0.15, -0.1) is 0 Å². The highest BCUT2D eigenvalue weighted by Gasteiger charge is 2.22. The number of benzene rings is 2. The zero-order valence-corrected chi connectivity index (χ0v) is 16.5. The first-order valence-corrected chi connectivity index (χ1v) is 10.5. The van der Waals surface area contributed by atoms with Gasteiger partial charge in [-0.25, -0.2) is 9.18 Å². The van der Waals surface area contributed by atoms with E-state index in [0.717, 1.165) is 52.6 Å². The lowest BCUT2D eigenvalue weighted by atomic mass is 9.91. The highest BCUT2D eigenvalue weighted by Crippen LogP contribution is 2.40. The summed E-state index contributed by atoms with van der Waals surface area (Å²) in [6, 6.07) is 9.18. The number of hydrogen-bond donors (Lipinski definition) is 2. The number of hydrogen-bond acceptors (Lipinski definition) is 4. The van der Waals surface area contributed by atoms with Crippen molar-refractivity contribution in [1.29, 1.82) is 0 Å². The second-order valence-corrected chi connectivity index (χ2v) is 8.42. The maximum atomic E-state index is 13.6. The molecular formula is C21H18ClFN2O2S. The molecule has 4 rings (SSSR count). The predicted molar refractivity (Wildman–Crippen MR) is 113 cm³/mol. The van der Waals surface area contributed by atoms with Gasteiger partial charge in [0.15, 0.2) is 0 Å². The Balaban J connectivity index is 1.88. The predicted octanol–water partition coefficient (Wildman–Crippen LogP) is 6.08. The maximum Gasteiger partial charge on any atom is 0.337 e. The van der Waals surface area contributed by atoms with Crippen LogP contribution >= 0.6 is 23.4 Å². The number of carboxylic acids is 1. The van der Waals surface area contributed by atoms with E-state index in [2.05, 4.69) is 10.3 Å². The molecule has 1 aliphatic rings. The van der Waals surface area contributed by atoms with E-state index in [9.17, 15) is 14.3 Å². The Bertz CT molecular complexity index is 1050. The average Bonchev–Trinajstić information content (AvgIpc) is 2.70. The van der Waals surface area contributed by atoms with E-state index in [1.807, 2.05) is 30.1 Å². The quantitative estimate of drug-likeness (QED) is 0.539. The first-order valence-electron chi connectivity index (χ1n) is 8.98. The Morgan fingerprint density at radius 2 is 2.00 bits per heavy atom.